The number of carbonyl (C=O) groups excluding carboxylic acids is 3. The predicted octanol–water partition coefficient (Wildman–Crippen LogP) is 11.6. The summed E-state index contributed by atoms with van der Waals surface area (Å²) in [5.41, 5.74) is -3.97. The second kappa shape index (κ2) is 19.2. The van der Waals surface area contributed by atoms with Gasteiger partial charge >= 0.3 is 54.1 Å². The van der Waals surface area contributed by atoms with Gasteiger partial charge in [-0.05, 0) is 0 Å². The third kappa shape index (κ3) is 15.0. The maximum Gasteiger partial charge on any atom is 0.460 e. The normalized spacial score (nSPS) is 15.3. The molecule has 0 amide bonds. The van der Waals surface area contributed by atoms with Crippen molar-refractivity contribution >= 4 is 17.3 Å². The van der Waals surface area contributed by atoms with Crippen LogP contribution in [0.2, 0.25) is 0 Å². The van der Waals surface area contributed by atoms with Crippen molar-refractivity contribution in [3.8, 4) is 0 Å². The number of carbonyl (C=O) groups is 3. The molecule has 0 rings (SSSR count). The van der Waals surface area contributed by atoms with E-state index in [0.29, 0.717) is 0 Å². The summed E-state index contributed by atoms with van der Waals surface area (Å²) in [5.74, 6) is -48.8. The Labute approximate surface area is 355 Å². The van der Waals surface area contributed by atoms with Crippen LogP contribution in [0.4, 0.5) is 92.2 Å². The zero-order valence-corrected chi connectivity index (χ0v) is 33.0. The quantitative estimate of drug-likeness (QED) is 0.120. The number of allylic oxidation sites excluding steroid dienone is 6. The Morgan fingerprint density at radius 2 is 0.448 bits per heavy atom. The van der Waals surface area contributed by atoms with Gasteiger partial charge < -0.3 is 15.3 Å². The van der Waals surface area contributed by atoms with Crippen molar-refractivity contribution in [3.63, 3.8) is 0 Å². The number of aliphatic hydroxyl groups is 3. The minimum atomic E-state index is -6.57. The van der Waals surface area contributed by atoms with Crippen LogP contribution < -0.4 is 0 Å². The molecule has 0 atom stereocenters. The monoisotopic (exact) mass is 1040 g/mol. The molecule has 0 aliphatic heterocycles. The molecule has 0 aliphatic rings. The summed E-state index contributed by atoms with van der Waals surface area (Å²) in [7, 11) is 0. The summed E-state index contributed by atoms with van der Waals surface area (Å²) in [6.45, 7) is 10.9. The van der Waals surface area contributed by atoms with Crippen molar-refractivity contribution in [1.29, 1.82) is 0 Å². The molecule has 0 aromatic heterocycles. The predicted molar refractivity (Wildman–Crippen MR) is 153 cm³/mol. The van der Waals surface area contributed by atoms with Crippen LogP contribution in [0.1, 0.15) is 62.3 Å². The molecule has 58 heavy (non-hydrogen) atoms. The van der Waals surface area contributed by atoms with Crippen LogP contribution in [0.3, 0.4) is 0 Å². The molecule has 0 saturated carbocycles. The third-order valence-electron chi connectivity index (χ3n) is 6.24. The van der Waals surface area contributed by atoms with Crippen LogP contribution >= 0.6 is 0 Å². The number of alkyl halides is 21. The van der Waals surface area contributed by atoms with Crippen LogP contribution in [-0.2, 0) is 14.4 Å². The van der Waals surface area contributed by atoms with E-state index in [-0.39, 0.29) is 67.6 Å². The van der Waals surface area contributed by atoms with Crippen LogP contribution in [0.15, 0.2) is 35.5 Å². The standard InChI is InChI=1S/3C10H11F7O2.Eu/c3*1-7(2,3)5(18)4-6(19)8(11,12)9(13,14)10(15,16)17;/h3*4,19H,1-3H3;/b3*6-4-;. The maximum absolute atomic E-state index is 12.9. The van der Waals surface area contributed by atoms with Gasteiger partial charge in [0.25, 0.3) is 0 Å². The van der Waals surface area contributed by atoms with E-state index in [4.69, 9.17) is 15.3 Å². The van der Waals surface area contributed by atoms with Gasteiger partial charge in [-0.2, -0.15) is 92.2 Å². The van der Waals surface area contributed by atoms with E-state index in [1.165, 1.54) is 62.3 Å². The molecule has 0 saturated heterocycles. The van der Waals surface area contributed by atoms with Gasteiger partial charge in [-0.25, -0.2) is 0 Å². The van der Waals surface area contributed by atoms with E-state index in [2.05, 4.69) is 0 Å². The molecule has 1 radical (unpaired) electrons. The van der Waals surface area contributed by atoms with Crippen molar-refractivity contribution in [2.24, 2.45) is 16.2 Å². The Morgan fingerprint density at radius 3 is 0.534 bits per heavy atom. The summed E-state index contributed by atoms with van der Waals surface area (Å²) in [6.07, 6.45) is -20.7. The molecule has 0 aromatic carbocycles. The molecule has 6 nitrogen and oxygen atoms in total. The first kappa shape index (κ1) is 62.4. The SMILES string of the molecule is CC(C)(C)C(=O)/C=C(\O)C(F)(F)C(F)(F)C(F)(F)F.CC(C)(C)C(=O)/C=C(\O)C(F)(F)C(F)(F)C(F)(F)F.CC(C)(C)C(=O)/C=C(\O)C(F)(F)C(F)(F)C(F)(F)F.[Eu]. The topological polar surface area (TPSA) is 112 Å². The fraction of sp³-hybridized carbons (Fsp3) is 0.700. The average Bonchev–Trinajstić information content (AvgIpc) is 2.93. The maximum atomic E-state index is 12.9. The van der Waals surface area contributed by atoms with Crippen molar-refractivity contribution in [3.05, 3.63) is 35.5 Å². The van der Waals surface area contributed by atoms with Crippen LogP contribution in [0.5, 0.6) is 0 Å². The molecule has 343 valence electrons. The van der Waals surface area contributed by atoms with Gasteiger partial charge in [0.05, 0.1) is 0 Å². The van der Waals surface area contributed by atoms with Crippen molar-refractivity contribution in [1.82, 2.24) is 0 Å². The minimum absolute atomic E-state index is 0. The van der Waals surface area contributed by atoms with Crippen molar-refractivity contribution < 1.29 is 171 Å². The Morgan fingerprint density at radius 1 is 0.328 bits per heavy atom. The fourth-order valence-corrected chi connectivity index (χ4v) is 2.31. The molecular weight excluding hydrogens is 1010 g/mol. The molecular formula is C30H33EuF21O6. The third-order valence-corrected chi connectivity index (χ3v) is 6.24. The Balaban J connectivity index is -0.000000374. The summed E-state index contributed by atoms with van der Waals surface area (Å²) in [5, 5.41) is 26.2. The van der Waals surface area contributed by atoms with Gasteiger partial charge in [0, 0.05) is 83.8 Å². The number of hydrogen-bond donors (Lipinski definition) is 3. The zero-order valence-electron chi connectivity index (χ0n) is 30.6. The van der Waals surface area contributed by atoms with E-state index in [1.54, 1.807) is 0 Å². The second-order valence-electron chi connectivity index (χ2n) is 14.4. The van der Waals surface area contributed by atoms with Crippen molar-refractivity contribution in [2.75, 3.05) is 0 Å². The van der Waals surface area contributed by atoms with E-state index in [9.17, 15) is 107 Å². The molecule has 0 heterocycles. The summed E-state index contributed by atoms with van der Waals surface area (Å²) >= 11 is 0. The summed E-state index contributed by atoms with van der Waals surface area (Å²) < 4.78 is 259. The number of ketones is 3. The van der Waals surface area contributed by atoms with Crippen LogP contribution in [0.25, 0.3) is 0 Å². The molecule has 0 bridgehead atoms. The van der Waals surface area contributed by atoms with Gasteiger partial charge in [0.1, 0.15) is 0 Å². The van der Waals surface area contributed by atoms with Gasteiger partial charge in [0.15, 0.2) is 34.6 Å². The van der Waals surface area contributed by atoms with Gasteiger partial charge in [-0.15, -0.1) is 0 Å². The summed E-state index contributed by atoms with van der Waals surface area (Å²) in [4.78, 5) is 33.6. The first-order valence-corrected chi connectivity index (χ1v) is 14.5. The first-order chi connectivity index (χ1) is 24.1. The summed E-state index contributed by atoms with van der Waals surface area (Å²) in [6, 6.07) is 0. The number of hydrogen-bond acceptors (Lipinski definition) is 6. The Kier molecular flexibility index (Phi) is 20.7. The minimum Gasteiger partial charge on any atom is -0.506 e. The molecule has 0 unspecified atom stereocenters. The van der Waals surface area contributed by atoms with Gasteiger partial charge in [-0.3, -0.25) is 14.4 Å². The van der Waals surface area contributed by atoms with E-state index in [0.717, 1.165) is 0 Å². The van der Waals surface area contributed by atoms with E-state index >= 15 is 0 Å². The zero-order chi connectivity index (χ0) is 47.6. The van der Waals surface area contributed by atoms with Gasteiger partial charge in [-0.1, -0.05) is 62.3 Å². The van der Waals surface area contributed by atoms with Crippen molar-refractivity contribution in [2.45, 2.75) is 116 Å². The molecule has 0 fully saturated rings. The molecule has 3 N–H and O–H groups in total. The van der Waals surface area contributed by atoms with Crippen LogP contribution in [-0.4, -0.2) is 86.7 Å². The van der Waals surface area contributed by atoms with E-state index in [1.807, 2.05) is 0 Å². The Bertz CT molecular complexity index is 1350. The van der Waals surface area contributed by atoms with Crippen LogP contribution in [0, 0.1) is 65.6 Å². The molecule has 0 aromatic rings. The largest absolute Gasteiger partial charge is 0.506 e. The Hall–Kier alpha value is -2.26. The van der Waals surface area contributed by atoms with Gasteiger partial charge in [0.2, 0.25) is 0 Å². The molecule has 0 aliphatic carbocycles. The fourth-order valence-electron chi connectivity index (χ4n) is 2.31. The average molecular weight is 1040 g/mol. The second-order valence-corrected chi connectivity index (χ2v) is 14.4. The molecule has 28 heteroatoms. The number of rotatable bonds is 9. The number of aliphatic hydroxyl groups excluding tert-OH is 3. The first-order valence-electron chi connectivity index (χ1n) is 14.5. The van der Waals surface area contributed by atoms with E-state index < -0.39 is 105 Å². The smallest absolute Gasteiger partial charge is 0.460 e. The molecule has 0 spiro atoms. The number of halogens is 21.